The Balaban J connectivity index is 1.94. The summed E-state index contributed by atoms with van der Waals surface area (Å²) in [5.74, 6) is 0.398. The zero-order valence-electron chi connectivity index (χ0n) is 12.3. The molecule has 0 unspecified atom stereocenters. The quantitative estimate of drug-likeness (QED) is 0.759. The van der Waals surface area contributed by atoms with E-state index in [0.717, 1.165) is 11.3 Å². The lowest BCUT2D eigenvalue weighted by atomic mass is 10.1. The standard InChI is InChI=1S/C17H15ClN2O2/c1-10(2)16(21)19-13-5-3-4-11(8-13)17-20-14-9-12(18)6-7-15(14)22-17/h3-10H,1-2H3,(H,19,21). The first-order valence-corrected chi connectivity index (χ1v) is 7.38. The summed E-state index contributed by atoms with van der Waals surface area (Å²) < 4.78 is 5.73. The fourth-order valence-electron chi connectivity index (χ4n) is 2.04. The highest BCUT2D eigenvalue weighted by Gasteiger charge is 2.11. The molecule has 5 heteroatoms. The van der Waals surface area contributed by atoms with Gasteiger partial charge in [-0.2, -0.15) is 0 Å². The van der Waals surface area contributed by atoms with Crippen LogP contribution in [0.25, 0.3) is 22.6 Å². The highest BCUT2D eigenvalue weighted by atomic mass is 35.5. The third-order valence-corrected chi connectivity index (χ3v) is 3.49. The summed E-state index contributed by atoms with van der Waals surface area (Å²) in [7, 11) is 0. The largest absolute Gasteiger partial charge is 0.436 e. The molecule has 22 heavy (non-hydrogen) atoms. The lowest BCUT2D eigenvalue weighted by Gasteiger charge is -2.08. The van der Waals surface area contributed by atoms with Crippen molar-refractivity contribution in [3.63, 3.8) is 0 Å². The molecule has 0 spiro atoms. The molecule has 1 N–H and O–H groups in total. The Morgan fingerprint density at radius 2 is 2.05 bits per heavy atom. The molecule has 0 atom stereocenters. The lowest BCUT2D eigenvalue weighted by Crippen LogP contribution is -2.17. The van der Waals surface area contributed by atoms with Crippen molar-refractivity contribution in [3.8, 4) is 11.5 Å². The number of oxazole rings is 1. The van der Waals surface area contributed by atoms with Crippen molar-refractivity contribution >= 4 is 34.3 Å². The van der Waals surface area contributed by atoms with E-state index in [1.165, 1.54) is 0 Å². The third kappa shape index (κ3) is 2.97. The average Bonchev–Trinajstić information content (AvgIpc) is 2.90. The van der Waals surface area contributed by atoms with Crippen molar-refractivity contribution in [3.05, 3.63) is 47.5 Å². The molecule has 2 aromatic carbocycles. The monoisotopic (exact) mass is 314 g/mol. The smallest absolute Gasteiger partial charge is 0.227 e. The first kappa shape index (κ1) is 14.6. The van der Waals surface area contributed by atoms with E-state index in [1.54, 1.807) is 18.2 Å². The molecule has 1 amide bonds. The van der Waals surface area contributed by atoms with Gasteiger partial charge in [0.1, 0.15) is 5.52 Å². The predicted octanol–water partition coefficient (Wildman–Crippen LogP) is 4.74. The molecule has 0 fully saturated rings. The maximum Gasteiger partial charge on any atom is 0.227 e. The second-order valence-corrected chi connectivity index (χ2v) is 5.79. The van der Waals surface area contributed by atoms with Crippen LogP contribution >= 0.6 is 11.6 Å². The Labute approximate surface area is 133 Å². The highest BCUT2D eigenvalue weighted by Crippen LogP contribution is 2.27. The average molecular weight is 315 g/mol. The topological polar surface area (TPSA) is 55.1 Å². The van der Waals surface area contributed by atoms with E-state index >= 15 is 0 Å². The maximum atomic E-state index is 11.8. The number of benzene rings is 2. The number of fused-ring (bicyclic) bond motifs is 1. The molecular formula is C17H15ClN2O2. The number of hydrogen-bond donors (Lipinski definition) is 1. The van der Waals surface area contributed by atoms with E-state index in [0.29, 0.717) is 22.0 Å². The Bertz CT molecular complexity index is 840. The van der Waals surface area contributed by atoms with Gasteiger partial charge in [0.05, 0.1) is 0 Å². The molecule has 3 rings (SSSR count). The van der Waals surface area contributed by atoms with E-state index < -0.39 is 0 Å². The maximum absolute atomic E-state index is 11.8. The van der Waals surface area contributed by atoms with E-state index in [2.05, 4.69) is 10.3 Å². The first-order chi connectivity index (χ1) is 10.5. The van der Waals surface area contributed by atoms with Gasteiger partial charge in [-0.15, -0.1) is 0 Å². The molecule has 0 aliphatic rings. The Morgan fingerprint density at radius 3 is 2.82 bits per heavy atom. The Hall–Kier alpha value is -2.33. The number of halogens is 1. The van der Waals surface area contributed by atoms with Gasteiger partial charge in [-0.05, 0) is 36.4 Å². The van der Waals surface area contributed by atoms with Gasteiger partial charge in [0.2, 0.25) is 11.8 Å². The van der Waals surface area contributed by atoms with Crippen molar-refractivity contribution in [2.24, 2.45) is 5.92 Å². The molecule has 0 aliphatic heterocycles. The molecule has 1 aromatic heterocycles. The summed E-state index contributed by atoms with van der Waals surface area (Å²) >= 11 is 5.96. The predicted molar refractivity (Wildman–Crippen MR) is 87.9 cm³/mol. The molecule has 0 bridgehead atoms. The van der Waals surface area contributed by atoms with Crippen molar-refractivity contribution in [2.75, 3.05) is 5.32 Å². The molecule has 0 aliphatic carbocycles. The molecule has 112 valence electrons. The number of rotatable bonds is 3. The van der Waals surface area contributed by atoms with Crippen LogP contribution in [0.3, 0.4) is 0 Å². The third-order valence-electron chi connectivity index (χ3n) is 3.25. The minimum Gasteiger partial charge on any atom is -0.436 e. The lowest BCUT2D eigenvalue weighted by molar-refractivity contribution is -0.118. The second-order valence-electron chi connectivity index (χ2n) is 5.36. The summed E-state index contributed by atoms with van der Waals surface area (Å²) in [5, 5.41) is 3.48. The van der Waals surface area contributed by atoms with Crippen molar-refractivity contribution in [1.29, 1.82) is 0 Å². The summed E-state index contributed by atoms with van der Waals surface area (Å²) in [6.07, 6.45) is 0. The van der Waals surface area contributed by atoms with E-state index in [-0.39, 0.29) is 11.8 Å². The molecule has 3 aromatic rings. The number of nitrogens with zero attached hydrogens (tertiary/aromatic N) is 1. The van der Waals surface area contributed by atoms with Crippen molar-refractivity contribution in [2.45, 2.75) is 13.8 Å². The normalized spacial score (nSPS) is 11.1. The summed E-state index contributed by atoms with van der Waals surface area (Å²) in [5.41, 5.74) is 2.90. The number of nitrogens with one attached hydrogen (secondary N) is 1. The van der Waals surface area contributed by atoms with Crippen molar-refractivity contribution < 1.29 is 9.21 Å². The fraction of sp³-hybridized carbons (Fsp3) is 0.176. The van der Waals surface area contributed by atoms with Crippen molar-refractivity contribution in [1.82, 2.24) is 4.98 Å². The zero-order chi connectivity index (χ0) is 15.7. The highest BCUT2D eigenvalue weighted by molar-refractivity contribution is 6.31. The summed E-state index contributed by atoms with van der Waals surface area (Å²) in [4.78, 5) is 16.2. The minimum atomic E-state index is -0.0740. The van der Waals surface area contributed by atoms with Crippen LogP contribution in [-0.4, -0.2) is 10.9 Å². The van der Waals surface area contributed by atoms with Crippen LogP contribution in [0.1, 0.15) is 13.8 Å². The number of carbonyl (C=O) groups excluding carboxylic acids is 1. The van der Waals surface area contributed by atoms with Crippen LogP contribution in [0.15, 0.2) is 46.9 Å². The van der Waals surface area contributed by atoms with Gasteiger partial charge in [-0.1, -0.05) is 31.5 Å². The number of anilines is 1. The van der Waals surface area contributed by atoms with E-state index in [4.69, 9.17) is 16.0 Å². The van der Waals surface area contributed by atoms with Crippen LogP contribution in [-0.2, 0) is 4.79 Å². The van der Waals surface area contributed by atoms with Gasteiger partial charge in [-0.25, -0.2) is 4.98 Å². The molecule has 1 heterocycles. The van der Waals surface area contributed by atoms with Crippen LogP contribution < -0.4 is 5.32 Å². The van der Waals surface area contributed by atoms with E-state index in [9.17, 15) is 4.79 Å². The zero-order valence-corrected chi connectivity index (χ0v) is 13.0. The molecule has 0 saturated carbocycles. The Kier molecular flexibility index (Phi) is 3.86. The SMILES string of the molecule is CC(C)C(=O)Nc1cccc(-c2nc3cc(Cl)ccc3o2)c1. The van der Waals surface area contributed by atoms with Gasteiger partial charge < -0.3 is 9.73 Å². The summed E-state index contributed by atoms with van der Waals surface area (Å²) in [6, 6.07) is 12.7. The second kappa shape index (κ2) is 5.81. The van der Waals surface area contributed by atoms with Gasteiger partial charge in [0, 0.05) is 22.2 Å². The molecule has 0 radical (unpaired) electrons. The Morgan fingerprint density at radius 1 is 1.23 bits per heavy atom. The molecule has 4 nitrogen and oxygen atoms in total. The van der Waals surface area contributed by atoms with Gasteiger partial charge >= 0.3 is 0 Å². The minimum absolute atomic E-state index is 0.0264. The van der Waals surface area contributed by atoms with Crippen LogP contribution in [0.5, 0.6) is 0 Å². The van der Waals surface area contributed by atoms with Gasteiger partial charge in [0.15, 0.2) is 5.58 Å². The first-order valence-electron chi connectivity index (χ1n) is 7.00. The number of carbonyl (C=O) groups is 1. The number of amides is 1. The van der Waals surface area contributed by atoms with Crippen LogP contribution in [0.2, 0.25) is 5.02 Å². The molecular weight excluding hydrogens is 300 g/mol. The van der Waals surface area contributed by atoms with Crippen LogP contribution in [0.4, 0.5) is 5.69 Å². The molecule has 0 saturated heterocycles. The fourth-order valence-corrected chi connectivity index (χ4v) is 2.21. The number of aromatic nitrogens is 1. The number of hydrogen-bond acceptors (Lipinski definition) is 3. The summed E-state index contributed by atoms with van der Waals surface area (Å²) in [6.45, 7) is 3.70. The van der Waals surface area contributed by atoms with Gasteiger partial charge in [0.25, 0.3) is 0 Å². The van der Waals surface area contributed by atoms with E-state index in [1.807, 2.05) is 38.1 Å². The van der Waals surface area contributed by atoms with Gasteiger partial charge in [-0.3, -0.25) is 4.79 Å². The van der Waals surface area contributed by atoms with Crippen LogP contribution in [0, 0.1) is 5.92 Å².